The average molecular weight is 272 g/mol. The number of aliphatic carboxylic acids is 1. The van der Waals surface area contributed by atoms with E-state index in [-0.39, 0.29) is 18.9 Å². The van der Waals surface area contributed by atoms with E-state index in [0.717, 1.165) is 0 Å². The first kappa shape index (κ1) is 14.3. The lowest BCUT2D eigenvalue weighted by atomic mass is 10.3. The van der Waals surface area contributed by atoms with E-state index in [0.29, 0.717) is 10.8 Å². The monoisotopic (exact) mass is 271 g/mol. The van der Waals surface area contributed by atoms with Gasteiger partial charge in [-0.25, -0.2) is 0 Å². The summed E-state index contributed by atoms with van der Waals surface area (Å²) >= 11 is 5.77. The van der Waals surface area contributed by atoms with Crippen molar-refractivity contribution in [2.45, 2.75) is 19.4 Å². The number of hydrogen-bond acceptors (Lipinski definition) is 3. The van der Waals surface area contributed by atoms with E-state index in [1.165, 1.54) is 6.92 Å². The van der Waals surface area contributed by atoms with Gasteiger partial charge in [0.05, 0.1) is 13.0 Å². The van der Waals surface area contributed by atoms with Crippen LogP contribution in [0.25, 0.3) is 0 Å². The zero-order valence-corrected chi connectivity index (χ0v) is 10.6. The maximum atomic E-state index is 11.3. The van der Waals surface area contributed by atoms with Crippen LogP contribution in [0.3, 0.4) is 0 Å². The van der Waals surface area contributed by atoms with E-state index in [1.54, 1.807) is 24.3 Å². The Morgan fingerprint density at radius 3 is 2.83 bits per heavy atom. The fraction of sp³-hybridized carbons (Fsp3) is 0.333. The number of benzene rings is 1. The molecule has 2 N–H and O–H groups in total. The summed E-state index contributed by atoms with van der Waals surface area (Å²) in [6.07, 6.45) is 0.0874. The standard InChI is InChI=1S/C12H14ClNO4/c1-8(12(16)17)14-11(15)5-6-18-10-4-2-3-9(13)7-10/h2-4,7-8H,5-6H2,1H3,(H,14,15)(H,16,17)/t8-/m0/s1. The smallest absolute Gasteiger partial charge is 0.325 e. The average Bonchev–Trinajstić information content (AvgIpc) is 2.28. The molecule has 0 heterocycles. The maximum Gasteiger partial charge on any atom is 0.325 e. The number of hydrogen-bond donors (Lipinski definition) is 2. The number of carbonyl (C=O) groups is 2. The van der Waals surface area contributed by atoms with Crippen molar-refractivity contribution in [3.8, 4) is 5.75 Å². The largest absolute Gasteiger partial charge is 0.493 e. The summed E-state index contributed by atoms with van der Waals surface area (Å²) < 4.78 is 5.31. The van der Waals surface area contributed by atoms with E-state index >= 15 is 0 Å². The lowest BCUT2D eigenvalue weighted by molar-refractivity contribution is -0.141. The van der Waals surface area contributed by atoms with Crippen molar-refractivity contribution in [1.82, 2.24) is 5.32 Å². The Morgan fingerprint density at radius 2 is 2.22 bits per heavy atom. The number of ether oxygens (including phenoxy) is 1. The molecule has 0 aliphatic rings. The predicted molar refractivity (Wildman–Crippen MR) is 66.8 cm³/mol. The Kier molecular flexibility index (Phi) is 5.45. The molecule has 0 radical (unpaired) electrons. The Labute approximate surface area is 110 Å². The molecule has 0 unspecified atom stereocenters. The predicted octanol–water partition coefficient (Wildman–Crippen LogP) is 1.70. The first-order chi connectivity index (χ1) is 8.49. The Hall–Kier alpha value is -1.75. The second kappa shape index (κ2) is 6.86. The van der Waals surface area contributed by atoms with Crippen LogP contribution < -0.4 is 10.1 Å². The highest BCUT2D eigenvalue weighted by molar-refractivity contribution is 6.30. The molecule has 0 aliphatic heterocycles. The molecule has 5 nitrogen and oxygen atoms in total. The summed E-state index contributed by atoms with van der Waals surface area (Å²) in [6.45, 7) is 1.57. The molecule has 98 valence electrons. The van der Waals surface area contributed by atoms with Crippen molar-refractivity contribution in [3.05, 3.63) is 29.3 Å². The quantitative estimate of drug-likeness (QED) is 0.826. The lowest BCUT2D eigenvalue weighted by Crippen LogP contribution is -2.38. The summed E-state index contributed by atoms with van der Waals surface area (Å²) in [4.78, 5) is 21.8. The third-order valence-corrected chi connectivity index (χ3v) is 2.38. The van der Waals surface area contributed by atoms with Crippen molar-refractivity contribution in [2.24, 2.45) is 0 Å². The zero-order chi connectivity index (χ0) is 13.5. The molecule has 0 saturated heterocycles. The molecule has 18 heavy (non-hydrogen) atoms. The van der Waals surface area contributed by atoms with Crippen LogP contribution in [0.2, 0.25) is 5.02 Å². The Bertz CT molecular complexity index is 436. The number of carbonyl (C=O) groups excluding carboxylic acids is 1. The normalized spacial score (nSPS) is 11.7. The van der Waals surface area contributed by atoms with E-state index < -0.39 is 12.0 Å². The van der Waals surface area contributed by atoms with Gasteiger partial charge in [0, 0.05) is 5.02 Å². The first-order valence-electron chi connectivity index (χ1n) is 5.39. The molecule has 0 bridgehead atoms. The minimum Gasteiger partial charge on any atom is -0.493 e. The molecular formula is C12H14ClNO4. The molecule has 6 heteroatoms. The number of carboxylic acids is 1. The van der Waals surface area contributed by atoms with Crippen molar-refractivity contribution >= 4 is 23.5 Å². The van der Waals surface area contributed by atoms with Crippen LogP contribution in [0.4, 0.5) is 0 Å². The molecule has 0 aliphatic carbocycles. The summed E-state index contributed by atoms with van der Waals surface area (Å²) in [7, 11) is 0. The molecule has 0 spiro atoms. The van der Waals surface area contributed by atoms with Crippen LogP contribution >= 0.6 is 11.6 Å². The molecule has 1 rings (SSSR count). The van der Waals surface area contributed by atoms with Gasteiger partial charge in [-0.2, -0.15) is 0 Å². The molecule has 1 atom stereocenters. The summed E-state index contributed by atoms with van der Waals surface area (Å²) in [6, 6.07) is 5.92. The summed E-state index contributed by atoms with van der Waals surface area (Å²) in [5.41, 5.74) is 0. The van der Waals surface area contributed by atoms with Crippen LogP contribution in [-0.2, 0) is 9.59 Å². The highest BCUT2D eigenvalue weighted by Crippen LogP contribution is 2.17. The van der Waals surface area contributed by atoms with Gasteiger partial charge in [-0.3, -0.25) is 9.59 Å². The fourth-order valence-electron chi connectivity index (χ4n) is 1.19. The minimum atomic E-state index is -1.07. The molecule has 1 amide bonds. The maximum absolute atomic E-state index is 11.3. The molecule has 0 aromatic heterocycles. The second-order valence-electron chi connectivity index (χ2n) is 3.68. The van der Waals surface area contributed by atoms with Gasteiger partial charge in [-0.05, 0) is 25.1 Å². The van der Waals surface area contributed by atoms with Gasteiger partial charge in [0.2, 0.25) is 5.91 Å². The Balaban J connectivity index is 2.29. The van der Waals surface area contributed by atoms with E-state index in [4.69, 9.17) is 21.4 Å². The van der Waals surface area contributed by atoms with Gasteiger partial charge >= 0.3 is 5.97 Å². The van der Waals surface area contributed by atoms with Gasteiger partial charge in [0.25, 0.3) is 0 Å². The van der Waals surface area contributed by atoms with E-state index in [9.17, 15) is 9.59 Å². The third kappa shape index (κ3) is 5.05. The van der Waals surface area contributed by atoms with Gasteiger partial charge in [-0.1, -0.05) is 17.7 Å². The number of nitrogens with one attached hydrogen (secondary N) is 1. The van der Waals surface area contributed by atoms with Crippen molar-refractivity contribution < 1.29 is 19.4 Å². The topological polar surface area (TPSA) is 75.6 Å². The van der Waals surface area contributed by atoms with Crippen LogP contribution in [0.1, 0.15) is 13.3 Å². The van der Waals surface area contributed by atoms with Crippen molar-refractivity contribution in [3.63, 3.8) is 0 Å². The summed E-state index contributed by atoms with van der Waals surface area (Å²) in [5.74, 6) is -0.868. The minimum absolute atomic E-state index is 0.0874. The van der Waals surface area contributed by atoms with Crippen LogP contribution in [0.15, 0.2) is 24.3 Å². The van der Waals surface area contributed by atoms with Crippen molar-refractivity contribution in [1.29, 1.82) is 0 Å². The fourth-order valence-corrected chi connectivity index (χ4v) is 1.37. The summed E-state index contributed by atoms with van der Waals surface area (Å²) in [5, 5.41) is 11.5. The number of halogens is 1. The van der Waals surface area contributed by atoms with Crippen LogP contribution in [0.5, 0.6) is 5.75 Å². The number of carboxylic acid groups (broad SMARTS) is 1. The highest BCUT2D eigenvalue weighted by Gasteiger charge is 2.13. The van der Waals surface area contributed by atoms with Gasteiger partial charge in [0.1, 0.15) is 11.8 Å². The van der Waals surface area contributed by atoms with E-state index in [2.05, 4.69) is 5.32 Å². The zero-order valence-electron chi connectivity index (χ0n) is 9.85. The van der Waals surface area contributed by atoms with Gasteiger partial charge in [-0.15, -0.1) is 0 Å². The molecule has 0 saturated carbocycles. The SMILES string of the molecule is C[C@H](NC(=O)CCOc1cccc(Cl)c1)C(=O)O. The van der Waals surface area contributed by atoms with Crippen molar-refractivity contribution in [2.75, 3.05) is 6.61 Å². The highest BCUT2D eigenvalue weighted by atomic mass is 35.5. The second-order valence-corrected chi connectivity index (χ2v) is 4.12. The third-order valence-electron chi connectivity index (χ3n) is 2.14. The Morgan fingerprint density at radius 1 is 1.50 bits per heavy atom. The van der Waals surface area contributed by atoms with Crippen LogP contribution in [-0.4, -0.2) is 29.6 Å². The molecule has 1 aromatic carbocycles. The van der Waals surface area contributed by atoms with Gasteiger partial charge < -0.3 is 15.2 Å². The first-order valence-corrected chi connectivity index (χ1v) is 5.77. The lowest BCUT2D eigenvalue weighted by Gasteiger charge is -2.10. The molecular weight excluding hydrogens is 258 g/mol. The van der Waals surface area contributed by atoms with Crippen LogP contribution in [0, 0.1) is 0 Å². The number of amides is 1. The van der Waals surface area contributed by atoms with Gasteiger partial charge in [0.15, 0.2) is 0 Å². The van der Waals surface area contributed by atoms with E-state index in [1.807, 2.05) is 0 Å². The molecule has 1 aromatic rings. The number of rotatable bonds is 6. The molecule has 0 fully saturated rings.